The first-order valence-electron chi connectivity index (χ1n) is 10.9. The molecule has 3 aromatic rings. The van der Waals surface area contributed by atoms with Crippen LogP contribution in [0.3, 0.4) is 0 Å². The molecule has 3 rings (SSSR count). The molecule has 0 bridgehead atoms. The summed E-state index contributed by atoms with van der Waals surface area (Å²) in [6.45, 7) is 11.0. The van der Waals surface area contributed by atoms with Crippen molar-refractivity contribution in [3.63, 3.8) is 0 Å². The van der Waals surface area contributed by atoms with Crippen molar-refractivity contribution in [1.29, 1.82) is 0 Å². The van der Waals surface area contributed by atoms with Gasteiger partial charge in [0.15, 0.2) is 0 Å². The van der Waals surface area contributed by atoms with Gasteiger partial charge < -0.3 is 15.4 Å². The molecule has 0 saturated carbocycles. The summed E-state index contributed by atoms with van der Waals surface area (Å²) in [4.78, 5) is 24.3. The summed E-state index contributed by atoms with van der Waals surface area (Å²) >= 11 is 5.86. The lowest BCUT2D eigenvalue weighted by molar-refractivity contribution is -0.129. The number of hydrogen-bond donors (Lipinski definition) is 2. The largest absolute Gasteiger partial charge is 0.468 e. The third-order valence-corrected chi connectivity index (χ3v) is 4.24. The molecule has 180 valence electrons. The van der Waals surface area contributed by atoms with Crippen LogP contribution < -0.4 is 10.6 Å². The fourth-order valence-electron chi connectivity index (χ4n) is 2.31. The molecule has 0 aliphatic rings. The van der Waals surface area contributed by atoms with Crippen LogP contribution in [0, 0.1) is 5.92 Å². The molecule has 0 spiro atoms. The van der Waals surface area contributed by atoms with Crippen molar-refractivity contribution in [2.24, 2.45) is 5.92 Å². The van der Waals surface area contributed by atoms with Crippen LogP contribution in [-0.2, 0) is 20.9 Å². The number of fused-ring (bicyclic) bond motifs is 1. The highest BCUT2D eigenvalue weighted by Crippen LogP contribution is 2.15. The van der Waals surface area contributed by atoms with Crippen LogP contribution in [0.4, 0.5) is 5.82 Å². The van der Waals surface area contributed by atoms with Crippen LogP contribution in [0.1, 0.15) is 40.2 Å². The first-order valence-corrected chi connectivity index (χ1v) is 11.3. The quantitative estimate of drug-likeness (QED) is 0.423. The molecule has 0 radical (unpaired) electrons. The maximum Gasteiger partial charge on any atom is 0.293 e. The van der Waals surface area contributed by atoms with E-state index >= 15 is 0 Å². The van der Waals surface area contributed by atoms with Gasteiger partial charge in [0.05, 0.1) is 6.61 Å². The third-order valence-electron chi connectivity index (χ3n) is 3.87. The van der Waals surface area contributed by atoms with Gasteiger partial charge in [0, 0.05) is 37.1 Å². The summed E-state index contributed by atoms with van der Waals surface area (Å²) in [5.41, 5.74) is 0.939. The van der Waals surface area contributed by atoms with Gasteiger partial charge >= 0.3 is 0 Å². The lowest BCUT2D eigenvalue weighted by Gasteiger charge is -2.03. The third kappa shape index (κ3) is 13.8. The van der Waals surface area contributed by atoms with Crippen LogP contribution in [0.5, 0.6) is 0 Å². The SMILES string of the molecule is CC.CC(=O)NCc1ccccc1Cl.CC(C)COC=O.CNc1cc2ccccc2cn1. The Morgan fingerprint density at radius 1 is 1.09 bits per heavy atom. The molecule has 0 unspecified atom stereocenters. The van der Waals surface area contributed by atoms with Crippen molar-refractivity contribution in [3.05, 3.63) is 71.4 Å². The zero-order valence-corrected chi connectivity index (χ0v) is 21.1. The van der Waals surface area contributed by atoms with Gasteiger partial charge in [-0.2, -0.15) is 0 Å². The molecule has 6 nitrogen and oxygen atoms in total. The molecule has 0 atom stereocenters. The lowest BCUT2D eigenvalue weighted by Crippen LogP contribution is -2.18. The molecular formula is C26H36ClN3O3. The van der Waals surface area contributed by atoms with Crippen molar-refractivity contribution >= 4 is 40.6 Å². The number of hydrogen-bond acceptors (Lipinski definition) is 5. The number of ether oxygens (including phenoxy) is 1. The molecule has 1 heterocycles. The van der Waals surface area contributed by atoms with E-state index in [1.165, 1.54) is 17.7 Å². The van der Waals surface area contributed by atoms with Gasteiger partial charge in [-0.25, -0.2) is 4.98 Å². The van der Waals surface area contributed by atoms with E-state index in [-0.39, 0.29) is 5.91 Å². The van der Waals surface area contributed by atoms with Crippen molar-refractivity contribution in [2.45, 2.75) is 41.2 Å². The molecule has 2 aromatic carbocycles. The molecule has 0 aliphatic heterocycles. The second kappa shape index (κ2) is 18.5. The Bertz CT molecular complexity index is 949. The second-order valence-corrected chi connectivity index (χ2v) is 7.40. The van der Waals surface area contributed by atoms with E-state index in [2.05, 4.69) is 32.5 Å². The highest BCUT2D eigenvalue weighted by molar-refractivity contribution is 6.31. The van der Waals surface area contributed by atoms with Gasteiger partial charge in [-0.15, -0.1) is 0 Å². The minimum atomic E-state index is -0.0464. The van der Waals surface area contributed by atoms with Crippen molar-refractivity contribution in [1.82, 2.24) is 10.3 Å². The zero-order chi connectivity index (χ0) is 25.1. The highest BCUT2D eigenvalue weighted by Gasteiger charge is 1.98. The molecule has 0 aliphatic carbocycles. The smallest absolute Gasteiger partial charge is 0.293 e. The number of nitrogens with one attached hydrogen (secondary N) is 2. The van der Waals surface area contributed by atoms with Gasteiger partial charge in [-0.1, -0.05) is 81.8 Å². The number of pyridine rings is 1. The summed E-state index contributed by atoms with van der Waals surface area (Å²) in [7, 11) is 1.87. The topological polar surface area (TPSA) is 80.3 Å². The fraction of sp³-hybridized carbons (Fsp3) is 0.346. The second-order valence-electron chi connectivity index (χ2n) is 6.99. The zero-order valence-electron chi connectivity index (χ0n) is 20.4. The maximum atomic E-state index is 10.6. The molecule has 2 N–H and O–H groups in total. The number of nitrogens with zero attached hydrogens (tertiary/aromatic N) is 1. The summed E-state index contributed by atoms with van der Waals surface area (Å²) in [5.74, 6) is 1.31. The average Bonchev–Trinajstić information content (AvgIpc) is 2.84. The summed E-state index contributed by atoms with van der Waals surface area (Å²) in [5, 5.41) is 8.77. The van der Waals surface area contributed by atoms with Crippen molar-refractivity contribution in [2.75, 3.05) is 19.0 Å². The summed E-state index contributed by atoms with van der Waals surface area (Å²) < 4.78 is 4.41. The van der Waals surface area contributed by atoms with Gasteiger partial charge in [0.25, 0.3) is 6.47 Å². The monoisotopic (exact) mass is 473 g/mol. The standard InChI is InChI=1S/C10H10N2.C9H10ClNO.C5H10O2.C2H6/c1-11-10-6-8-4-2-3-5-9(8)7-12-10;1-7(12)11-6-8-4-2-3-5-9(8)10;1-5(2)3-7-4-6;1-2/h2-7H,1H3,(H,11,12);2-5H,6H2,1H3,(H,11,12);4-5H,3H2,1-2H3;1-2H3. The van der Waals surface area contributed by atoms with Crippen LogP contribution in [-0.4, -0.2) is 31.0 Å². The predicted molar refractivity (Wildman–Crippen MR) is 138 cm³/mol. The molecule has 1 amide bonds. The average molecular weight is 474 g/mol. The van der Waals surface area contributed by atoms with Gasteiger partial charge in [-0.3, -0.25) is 9.59 Å². The van der Waals surface area contributed by atoms with Crippen molar-refractivity contribution < 1.29 is 14.3 Å². The molecule has 7 heteroatoms. The Morgan fingerprint density at radius 2 is 1.70 bits per heavy atom. The van der Waals surface area contributed by atoms with E-state index in [0.717, 1.165) is 11.4 Å². The predicted octanol–water partition coefficient (Wildman–Crippen LogP) is 6.09. The Morgan fingerprint density at radius 3 is 2.21 bits per heavy atom. The minimum absolute atomic E-state index is 0.0464. The number of halogens is 1. The van der Waals surface area contributed by atoms with Crippen LogP contribution in [0.15, 0.2) is 60.8 Å². The minimum Gasteiger partial charge on any atom is -0.468 e. The van der Waals surface area contributed by atoms with E-state index in [0.29, 0.717) is 30.6 Å². The first kappa shape index (κ1) is 29.9. The van der Waals surface area contributed by atoms with Crippen molar-refractivity contribution in [3.8, 4) is 0 Å². The van der Waals surface area contributed by atoms with E-state index in [4.69, 9.17) is 11.6 Å². The van der Waals surface area contributed by atoms with E-state index < -0.39 is 0 Å². The van der Waals surface area contributed by atoms with Crippen LogP contribution in [0.25, 0.3) is 10.8 Å². The summed E-state index contributed by atoms with van der Waals surface area (Å²) in [6, 6.07) is 17.7. The molecule has 33 heavy (non-hydrogen) atoms. The summed E-state index contributed by atoms with van der Waals surface area (Å²) in [6.07, 6.45) is 1.88. The Hall–Kier alpha value is -3.12. The highest BCUT2D eigenvalue weighted by atomic mass is 35.5. The van der Waals surface area contributed by atoms with Crippen LogP contribution in [0.2, 0.25) is 5.02 Å². The normalized spacial score (nSPS) is 9.21. The number of carbonyl (C=O) groups is 2. The number of amides is 1. The van der Waals surface area contributed by atoms with Gasteiger partial charge in [-0.05, 0) is 29.0 Å². The fourth-order valence-corrected chi connectivity index (χ4v) is 2.52. The maximum absolute atomic E-state index is 10.6. The lowest BCUT2D eigenvalue weighted by atomic mass is 10.2. The first-order chi connectivity index (χ1) is 15.9. The Kier molecular flexibility index (Phi) is 16.7. The Balaban J connectivity index is 0.000000465. The van der Waals surface area contributed by atoms with Gasteiger partial charge in [0.1, 0.15) is 5.82 Å². The molecule has 0 fully saturated rings. The molecular weight excluding hydrogens is 438 g/mol. The van der Waals surface area contributed by atoms with Crippen LogP contribution >= 0.6 is 11.6 Å². The number of benzene rings is 2. The molecule has 1 aromatic heterocycles. The number of carbonyl (C=O) groups excluding carboxylic acids is 2. The molecule has 0 saturated heterocycles. The number of rotatable bonds is 6. The number of aromatic nitrogens is 1. The number of anilines is 1. The van der Waals surface area contributed by atoms with Gasteiger partial charge in [0.2, 0.25) is 5.91 Å². The van der Waals surface area contributed by atoms with E-state index in [9.17, 15) is 9.59 Å². The van der Waals surface area contributed by atoms with E-state index in [1.807, 2.05) is 77.3 Å². The Labute approximate surface area is 202 Å². The van der Waals surface area contributed by atoms with E-state index in [1.54, 1.807) is 6.07 Å².